The van der Waals surface area contributed by atoms with E-state index in [-0.39, 0.29) is 24.5 Å². The van der Waals surface area contributed by atoms with E-state index in [0.29, 0.717) is 19.7 Å². The third kappa shape index (κ3) is 5.63. The lowest BCUT2D eigenvalue weighted by atomic mass is 10.2. The lowest BCUT2D eigenvalue weighted by molar-refractivity contribution is -0.141. The summed E-state index contributed by atoms with van der Waals surface area (Å²) in [6.45, 7) is 1.57. The van der Waals surface area contributed by atoms with Crippen LogP contribution in [0.2, 0.25) is 0 Å². The lowest BCUT2D eigenvalue weighted by Crippen LogP contribution is -2.30. The van der Waals surface area contributed by atoms with Gasteiger partial charge in [0.05, 0.1) is 20.1 Å². The molecule has 0 unspecified atom stereocenters. The second-order valence-electron chi connectivity index (χ2n) is 4.33. The average Bonchev–Trinajstić information content (AvgIpc) is 2.45. The highest BCUT2D eigenvalue weighted by atomic mass is 19.1. The maximum atomic E-state index is 13.6. The summed E-state index contributed by atoms with van der Waals surface area (Å²) in [5, 5.41) is 0. The molecule has 1 aromatic rings. The Kier molecular flexibility index (Phi) is 7.11. The summed E-state index contributed by atoms with van der Waals surface area (Å²) in [6, 6.07) is 3.33. The second-order valence-corrected chi connectivity index (χ2v) is 4.33. The van der Waals surface area contributed by atoms with Gasteiger partial charge >= 0.3 is 5.97 Å². The van der Waals surface area contributed by atoms with Gasteiger partial charge in [-0.3, -0.25) is 9.69 Å². The van der Waals surface area contributed by atoms with Crippen molar-refractivity contribution in [2.45, 2.75) is 13.0 Å². The van der Waals surface area contributed by atoms with Crippen LogP contribution in [0.1, 0.15) is 12.0 Å². The van der Waals surface area contributed by atoms with Crippen molar-refractivity contribution in [3.63, 3.8) is 0 Å². The lowest BCUT2D eigenvalue weighted by Gasteiger charge is -2.21. The Morgan fingerprint density at radius 2 is 2.00 bits per heavy atom. The highest BCUT2D eigenvalue weighted by Gasteiger charge is 2.12. The molecular formula is C14H19F2NO3. The van der Waals surface area contributed by atoms with Crippen LogP contribution in [0.25, 0.3) is 0 Å². The fourth-order valence-electron chi connectivity index (χ4n) is 1.75. The third-order valence-electron chi connectivity index (χ3n) is 2.87. The van der Waals surface area contributed by atoms with Crippen molar-refractivity contribution in [1.82, 2.24) is 4.90 Å². The number of hydrogen-bond donors (Lipinski definition) is 0. The molecule has 0 amide bonds. The molecule has 20 heavy (non-hydrogen) atoms. The number of halogens is 2. The van der Waals surface area contributed by atoms with Crippen molar-refractivity contribution in [3.8, 4) is 0 Å². The minimum atomic E-state index is -0.485. The first-order valence-corrected chi connectivity index (χ1v) is 6.29. The Morgan fingerprint density at radius 3 is 2.65 bits per heavy atom. The topological polar surface area (TPSA) is 38.8 Å². The van der Waals surface area contributed by atoms with E-state index in [9.17, 15) is 13.6 Å². The van der Waals surface area contributed by atoms with Crippen LogP contribution in [0.5, 0.6) is 0 Å². The number of rotatable bonds is 8. The Bertz CT molecular complexity index is 440. The van der Waals surface area contributed by atoms with Crippen LogP contribution in [0.3, 0.4) is 0 Å². The molecule has 0 aromatic heterocycles. The molecule has 4 nitrogen and oxygen atoms in total. The van der Waals surface area contributed by atoms with Crippen molar-refractivity contribution in [2.24, 2.45) is 0 Å². The molecule has 0 fully saturated rings. The predicted molar refractivity (Wildman–Crippen MR) is 70.1 cm³/mol. The van der Waals surface area contributed by atoms with Gasteiger partial charge in [-0.1, -0.05) is 0 Å². The molecule has 0 spiro atoms. The van der Waals surface area contributed by atoms with E-state index < -0.39 is 11.6 Å². The van der Waals surface area contributed by atoms with Gasteiger partial charge in [-0.05, 0) is 18.2 Å². The zero-order valence-corrected chi connectivity index (χ0v) is 11.7. The summed E-state index contributed by atoms with van der Waals surface area (Å²) < 4.78 is 36.3. The molecule has 6 heteroatoms. The summed E-state index contributed by atoms with van der Waals surface area (Å²) in [4.78, 5) is 13.0. The normalized spacial score (nSPS) is 10.8. The second kappa shape index (κ2) is 8.60. The van der Waals surface area contributed by atoms with Crippen LogP contribution in [0, 0.1) is 11.6 Å². The minimum Gasteiger partial charge on any atom is -0.469 e. The van der Waals surface area contributed by atoms with Gasteiger partial charge in [0.1, 0.15) is 11.6 Å². The van der Waals surface area contributed by atoms with Crippen molar-refractivity contribution >= 4 is 5.97 Å². The van der Waals surface area contributed by atoms with E-state index in [0.717, 1.165) is 18.2 Å². The fraction of sp³-hybridized carbons (Fsp3) is 0.500. The number of nitrogens with zero attached hydrogens (tertiary/aromatic N) is 1. The van der Waals surface area contributed by atoms with Crippen LogP contribution >= 0.6 is 0 Å². The number of ether oxygens (including phenoxy) is 2. The highest BCUT2D eigenvalue weighted by Crippen LogP contribution is 2.12. The molecule has 0 aliphatic rings. The summed E-state index contributed by atoms with van der Waals surface area (Å²) in [6.07, 6.45) is 0.192. The number of carbonyl (C=O) groups excluding carboxylic acids is 1. The van der Waals surface area contributed by atoms with Crippen molar-refractivity contribution < 1.29 is 23.0 Å². The van der Waals surface area contributed by atoms with Crippen molar-refractivity contribution in [2.75, 3.05) is 33.9 Å². The van der Waals surface area contributed by atoms with E-state index in [4.69, 9.17) is 4.74 Å². The maximum Gasteiger partial charge on any atom is 0.306 e. The Morgan fingerprint density at radius 1 is 1.25 bits per heavy atom. The average molecular weight is 287 g/mol. The van der Waals surface area contributed by atoms with Gasteiger partial charge in [0.25, 0.3) is 0 Å². The zero-order chi connectivity index (χ0) is 15.0. The largest absolute Gasteiger partial charge is 0.469 e. The number of benzene rings is 1. The predicted octanol–water partition coefficient (Wildman–Crippen LogP) is 1.98. The van der Waals surface area contributed by atoms with Gasteiger partial charge in [-0.15, -0.1) is 0 Å². The smallest absolute Gasteiger partial charge is 0.306 e. The first-order valence-electron chi connectivity index (χ1n) is 6.29. The van der Waals surface area contributed by atoms with Crippen LogP contribution in [0.4, 0.5) is 8.78 Å². The monoisotopic (exact) mass is 287 g/mol. The van der Waals surface area contributed by atoms with Crippen molar-refractivity contribution in [3.05, 3.63) is 35.4 Å². The molecule has 1 rings (SSSR count). The molecule has 0 bridgehead atoms. The number of hydrogen-bond acceptors (Lipinski definition) is 4. The van der Waals surface area contributed by atoms with Gasteiger partial charge in [0, 0.05) is 32.3 Å². The van der Waals surface area contributed by atoms with Gasteiger partial charge in [0.15, 0.2) is 0 Å². The highest BCUT2D eigenvalue weighted by molar-refractivity contribution is 5.69. The first-order chi connectivity index (χ1) is 9.56. The summed E-state index contributed by atoms with van der Waals surface area (Å²) in [5.41, 5.74) is 0.256. The zero-order valence-electron chi connectivity index (χ0n) is 11.7. The van der Waals surface area contributed by atoms with Gasteiger partial charge in [0.2, 0.25) is 0 Å². The fourth-order valence-corrected chi connectivity index (χ4v) is 1.75. The molecular weight excluding hydrogens is 268 g/mol. The van der Waals surface area contributed by atoms with E-state index in [1.165, 1.54) is 7.11 Å². The number of carbonyl (C=O) groups is 1. The summed E-state index contributed by atoms with van der Waals surface area (Å²) >= 11 is 0. The third-order valence-corrected chi connectivity index (χ3v) is 2.87. The Labute approximate surface area is 117 Å². The Hall–Kier alpha value is -1.53. The van der Waals surface area contributed by atoms with E-state index in [1.807, 2.05) is 4.90 Å². The Balaban J connectivity index is 2.67. The van der Waals surface area contributed by atoms with Crippen molar-refractivity contribution in [1.29, 1.82) is 0 Å². The van der Waals surface area contributed by atoms with Gasteiger partial charge < -0.3 is 9.47 Å². The van der Waals surface area contributed by atoms with Gasteiger partial charge in [-0.25, -0.2) is 8.78 Å². The minimum absolute atomic E-state index is 0.192. The molecule has 0 radical (unpaired) electrons. The maximum absolute atomic E-state index is 13.6. The molecule has 0 saturated carbocycles. The molecule has 0 aliphatic carbocycles. The molecule has 0 aliphatic heterocycles. The molecule has 0 atom stereocenters. The molecule has 1 aromatic carbocycles. The van der Waals surface area contributed by atoms with E-state index in [1.54, 1.807) is 7.11 Å². The summed E-state index contributed by atoms with van der Waals surface area (Å²) in [7, 11) is 2.87. The van der Waals surface area contributed by atoms with Crippen LogP contribution in [-0.4, -0.2) is 44.8 Å². The quantitative estimate of drug-likeness (QED) is 0.685. The standard InChI is InChI=1S/C14H19F2NO3/c1-19-8-7-17(6-5-14(18)20-2)10-11-9-12(15)3-4-13(11)16/h3-4,9H,5-8,10H2,1-2H3. The molecule has 112 valence electrons. The molecule has 0 saturated heterocycles. The van der Waals surface area contributed by atoms with E-state index in [2.05, 4.69) is 4.74 Å². The van der Waals surface area contributed by atoms with Crippen LogP contribution in [0.15, 0.2) is 18.2 Å². The number of methoxy groups -OCH3 is 2. The molecule has 0 N–H and O–H groups in total. The van der Waals surface area contributed by atoms with E-state index >= 15 is 0 Å². The molecule has 0 heterocycles. The first kappa shape index (κ1) is 16.5. The van der Waals surface area contributed by atoms with Crippen LogP contribution in [-0.2, 0) is 20.8 Å². The SMILES string of the molecule is COCCN(CCC(=O)OC)Cc1cc(F)ccc1F. The van der Waals surface area contributed by atoms with Gasteiger partial charge in [-0.2, -0.15) is 0 Å². The number of esters is 1. The van der Waals surface area contributed by atoms with Crippen LogP contribution < -0.4 is 0 Å². The summed E-state index contributed by atoms with van der Waals surface area (Å²) in [5.74, 6) is -1.29.